The number of carboxylic acid groups (broad SMARTS) is 1. The number of piperidine rings is 1. The summed E-state index contributed by atoms with van der Waals surface area (Å²) in [5, 5.41) is 25.4. The molecule has 7 rings (SSSR count). The quantitative estimate of drug-likeness (QED) is 0.217. The Kier molecular flexibility index (Phi) is 10.6. The molecule has 13 nitrogen and oxygen atoms in total. The molecule has 3 aromatic carbocycles. The fourth-order valence-corrected chi connectivity index (χ4v) is 8.53. The van der Waals surface area contributed by atoms with Crippen molar-refractivity contribution in [3.63, 3.8) is 0 Å². The summed E-state index contributed by atoms with van der Waals surface area (Å²) in [7, 11) is 1.54. The van der Waals surface area contributed by atoms with Gasteiger partial charge in [-0.3, -0.25) is 4.79 Å². The maximum Gasteiger partial charge on any atom is 0.326 e. The van der Waals surface area contributed by atoms with Crippen LogP contribution >= 0.6 is 23.2 Å². The van der Waals surface area contributed by atoms with Crippen molar-refractivity contribution >= 4 is 41.1 Å². The smallest absolute Gasteiger partial charge is 0.326 e. The second-order valence-electron chi connectivity index (χ2n) is 14.2. The Bertz CT molecular complexity index is 1960. The van der Waals surface area contributed by atoms with Crippen molar-refractivity contribution in [2.75, 3.05) is 46.4 Å². The van der Waals surface area contributed by atoms with E-state index >= 15 is 0 Å². The summed E-state index contributed by atoms with van der Waals surface area (Å²) in [6.07, 6.45) is 5.41. The molecule has 3 fully saturated rings. The zero-order chi connectivity index (χ0) is 37.2. The standard InChI is InChI=1S/C38H42Cl2N8O5/c1-53-33-12-10-28(48-25-41-43-44-48)23-29(33)34(49)46-21-14-37(24-46,27-9-11-30(39)31(40)22-27)13-18-45-19-15-38(16-20-45,26-6-3-2-4-7-26)42-36(52)47-17-5-8-32(47)35(50)51/h2-4,6-7,9-12,22-23,25,32H,5,8,13-21,24H2,1H3,(H,42,52)(H,50,51). The number of benzene rings is 3. The minimum absolute atomic E-state index is 0.150. The topological polar surface area (TPSA) is 146 Å². The zero-order valence-electron chi connectivity index (χ0n) is 29.5. The number of hydrogen-bond donors (Lipinski definition) is 2. The van der Waals surface area contributed by atoms with E-state index in [1.165, 1.54) is 15.9 Å². The van der Waals surface area contributed by atoms with E-state index in [0.29, 0.717) is 72.4 Å². The number of hydrogen-bond acceptors (Lipinski definition) is 8. The highest BCUT2D eigenvalue weighted by Gasteiger charge is 2.45. The SMILES string of the molecule is COc1ccc(-n2cnnn2)cc1C(=O)N1CCC(CCN2CCC(NC(=O)N3CCCC3C(=O)O)(c3ccccc3)CC2)(c2ccc(Cl)c(Cl)c2)C1. The molecule has 3 aliphatic heterocycles. The maximum absolute atomic E-state index is 14.2. The number of likely N-dealkylation sites (tertiary alicyclic amines) is 3. The molecule has 53 heavy (non-hydrogen) atoms. The number of nitrogens with one attached hydrogen (secondary N) is 1. The first-order valence-electron chi connectivity index (χ1n) is 17.9. The molecule has 4 heterocycles. The number of carbonyl (C=O) groups excluding carboxylic acids is 2. The van der Waals surface area contributed by atoms with Crippen LogP contribution in [0.4, 0.5) is 4.79 Å². The molecule has 0 aliphatic carbocycles. The van der Waals surface area contributed by atoms with E-state index in [1.54, 1.807) is 25.3 Å². The van der Waals surface area contributed by atoms with E-state index < -0.39 is 23.0 Å². The van der Waals surface area contributed by atoms with E-state index in [1.807, 2.05) is 53.4 Å². The van der Waals surface area contributed by atoms with Crippen molar-refractivity contribution in [1.29, 1.82) is 0 Å². The number of rotatable bonds is 10. The Balaban J connectivity index is 1.09. The van der Waals surface area contributed by atoms with Gasteiger partial charge in [0.1, 0.15) is 18.1 Å². The van der Waals surface area contributed by atoms with Gasteiger partial charge >= 0.3 is 12.0 Å². The van der Waals surface area contributed by atoms with Crippen molar-refractivity contribution in [1.82, 2.24) is 40.2 Å². The molecule has 3 amide bonds. The Labute approximate surface area is 317 Å². The molecule has 0 bridgehead atoms. The molecular formula is C38H42Cl2N8O5. The van der Waals surface area contributed by atoms with Crippen LogP contribution in [0.1, 0.15) is 60.0 Å². The molecule has 3 saturated heterocycles. The predicted octanol–water partition coefficient (Wildman–Crippen LogP) is 5.40. The van der Waals surface area contributed by atoms with Gasteiger partial charge < -0.3 is 29.9 Å². The molecule has 2 unspecified atom stereocenters. The number of urea groups is 1. The number of aromatic nitrogens is 4. The van der Waals surface area contributed by atoms with Crippen molar-refractivity contribution in [3.05, 3.63) is 99.8 Å². The van der Waals surface area contributed by atoms with Gasteiger partial charge in [0, 0.05) is 38.1 Å². The van der Waals surface area contributed by atoms with Crippen molar-refractivity contribution in [2.45, 2.75) is 55.5 Å². The van der Waals surface area contributed by atoms with Gasteiger partial charge in [0.25, 0.3) is 5.91 Å². The number of carbonyl (C=O) groups is 3. The molecule has 0 radical (unpaired) electrons. The highest BCUT2D eigenvalue weighted by molar-refractivity contribution is 6.42. The first-order valence-corrected chi connectivity index (χ1v) is 18.6. The maximum atomic E-state index is 14.2. The molecule has 4 aromatic rings. The fraction of sp³-hybridized carbons (Fsp3) is 0.421. The predicted molar refractivity (Wildman–Crippen MR) is 199 cm³/mol. The van der Waals surface area contributed by atoms with Gasteiger partial charge in [-0.05, 0) is 97.0 Å². The number of ether oxygens (including phenoxy) is 1. The Morgan fingerprint density at radius 3 is 2.43 bits per heavy atom. The van der Waals surface area contributed by atoms with Crippen molar-refractivity contribution in [3.8, 4) is 11.4 Å². The lowest BCUT2D eigenvalue weighted by Crippen LogP contribution is -2.57. The minimum Gasteiger partial charge on any atom is -0.496 e. The van der Waals surface area contributed by atoms with Crippen LogP contribution in [-0.4, -0.2) is 110 Å². The average molecular weight is 762 g/mol. The second-order valence-corrected chi connectivity index (χ2v) is 15.0. The van der Waals surface area contributed by atoms with Crippen LogP contribution in [0, 0.1) is 0 Å². The second kappa shape index (κ2) is 15.3. The van der Waals surface area contributed by atoms with Gasteiger partial charge in [0.15, 0.2) is 0 Å². The zero-order valence-corrected chi connectivity index (χ0v) is 31.0. The van der Waals surface area contributed by atoms with Crippen LogP contribution in [0.3, 0.4) is 0 Å². The van der Waals surface area contributed by atoms with Gasteiger partial charge in [-0.2, -0.15) is 0 Å². The van der Waals surface area contributed by atoms with Crippen LogP contribution in [0.5, 0.6) is 5.75 Å². The van der Waals surface area contributed by atoms with Gasteiger partial charge in [0.05, 0.1) is 33.9 Å². The lowest BCUT2D eigenvalue weighted by molar-refractivity contribution is -0.141. The van der Waals surface area contributed by atoms with Gasteiger partial charge in [-0.1, -0.05) is 59.6 Å². The summed E-state index contributed by atoms with van der Waals surface area (Å²) in [5.41, 5.74) is 2.07. The lowest BCUT2D eigenvalue weighted by Gasteiger charge is -2.44. The van der Waals surface area contributed by atoms with Crippen LogP contribution in [0.15, 0.2) is 73.1 Å². The summed E-state index contributed by atoms with van der Waals surface area (Å²) in [4.78, 5) is 45.4. The monoisotopic (exact) mass is 760 g/mol. The third kappa shape index (κ3) is 7.42. The molecule has 3 aliphatic rings. The van der Waals surface area contributed by atoms with Crippen LogP contribution < -0.4 is 10.1 Å². The molecule has 278 valence electrons. The van der Waals surface area contributed by atoms with Gasteiger partial charge in [-0.15, -0.1) is 5.10 Å². The number of aliphatic carboxylic acids is 1. The third-order valence-electron chi connectivity index (χ3n) is 11.3. The molecule has 0 spiro atoms. The minimum atomic E-state index is -0.971. The van der Waals surface area contributed by atoms with E-state index in [0.717, 1.165) is 43.6 Å². The summed E-state index contributed by atoms with van der Waals surface area (Å²) < 4.78 is 7.10. The molecule has 2 N–H and O–H groups in total. The Hall–Kier alpha value is -4.72. The summed E-state index contributed by atoms with van der Waals surface area (Å²) in [6.45, 7) is 3.63. The first-order chi connectivity index (χ1) is 25.6. The van der Waals surface area contributed by atoms with E-state index in [2.05, 4.69) is 25.7 Å². The Morgan fingerprint density at radius 1 is 0.943 bits per heavy atom. The summed E-state index contributed by atoms with van der Waals surface area (Å²) in [6, 6.07) is 19.9. The molecule has 2 atom stereocenters. The van der Waals surface area contributed by atoms with Gasteiger partial charge in [-0.25, -0.2) is 14.3 Å². The molecule has 1 aromatic heterocycles. The summed E-state index contributed by atoms with van der Waals surface area (Å²) >= 11 is 12.9. The lowest BCUT2D eigenvalue weighted by atomic mass is 9.76. The van der Waals surface area contributed by atoms with E-state index in [-0.39, 0.29) is 11.9 Å². The van der Waals surface area contributed by atoms with E-state index in [9.17, 15) is 19.5 Å². The largest absolute Gasteiger partial charge is 0.496 e. The molecular weight excluding hydrogens is 719 g/mol. The van der Waals surface area contributed by atoms with Gasteiger partial charge in [0.2, 0.25) is 0 Å². The summed E-state index contributed by atoms with van der Waals surface area (Å²) in [5.74, 6) is -0.658. The van der Waals surface area contributed by atoms with Crippen molar-refractivity contribution in [2.24, 2.45) is 0 Å². The number of nitrogens with zero attached hydrogens (tertiary/aromatic N) is 7. The molecule has 15 heteroatoms. The first kappa shape index (κ1) is 36.6. The Morgan fingerprint density at radius 2 is 1.74 bits per heavy atom. The molecule has 0 saturated carbocycles. The number of carboxylic acids is 1. The fourth-order valence-electron chi connectivity index (χ4n) is 8.23. The van der Waals surface area contributed by atoms with Crippen molar-refractivity contribution < 1.29 is 24.2 Å². The number of halogens is 2. The normalized spacial score (nSPS) is 21.5. The highest BCUT2D eigenvalue weighted by atomic mass is 35.5. The number of amides is 3. The number of methoxy groups -OCH3 is 1. The third-order valence-corrected chi connectivity index (χ3v) is 12.0. The van der Waals surface area contributed by atoms with Crippen LogP contribution in [-0.2, 0) is 15.7 Å². The van der Waals surface area contributed by atoms with Crippen LogP contribution in [0.25, 0.3) is 5.69 Å². The van der Waals surface area contributed by atoms with Crippen LogP contribution in [0.2, 0.25) is 10.0 Å². The van der Waals surface area contributed by atoms with E-state index in [4.69, 9.17) is 27.9 Å². The number of tetrazole rings is 1. The average Bonchev–Trinajstić information content (AvgIpc) is 3.98. The highest BCUT2D eigenvalue weighted by Crippen LogP contribution is 2.42.